The molecule has 0 fully saturated rings. The van der Waals surface area contributed by atoms with Crippen LogP contribution in [-0.2, 0) is 6.42 Å². The van der Waals surface area contributed by atoms with Gasteiger partial charge in [0.05, 0.1) is 0 Å². The first-order valence-electron chi connectivity index (χ1n) is 7.05. The van der Waals surface area contributed by atoms with Crippen LogP contribution < -0.4 is 5.32 Å². The summed E-state index contributed by atoms with van der Waals surface area (Å²) in [6.07, 6.45) is 4.62. The van der Waals surface area contributed by atoms with Gasteiger partial charge in [0.15, 0.2) is 0 Å². The maximum atomic E-state index is 4.03. The van der Waals surface area contributed by atoms with Crippen LogP contribution in [-0.4, -0.2) is 12.6 Å². The highest BCUT2D eigenvalue weighted by atomic mass is 14.9. The average Bonchev–Trinajstić information content (AvgIpc) is 2.32. The van der Waals surface area contributed by atoms with Crippen molar-refractivity contribution in [1.82, 2.24) is 5.32 Å². The molecule has 1 rings (SSSR count). The molecule has 0 aliphatic carbocycles. The van der Waals surface area contributed by atoms with Gasteiger partial charge >= 0.3 is 0 Å². The highest BCUT2D eigenvalue weighted by Crippen LogP contribution is 2.12. The fourth-order valence-electron chi connectivity index (χ4n) is 2.25. The standard InChI is InChI=1S/C17H27N/c1-5-11-18-17(12-14(2)3)10-9-16-8-6-7-15(4)13-16/h6-8,13,17-18H,2,5,9-12H2,1,3-4H3. The van der Waals surface area contributed by atoms with Crippen LogP contribution in [0.1, 0.15) is 44.2 Å². The highest BCUT2D eigenvalue weighted by Gasteiger charge is 2.08. The molecule has 1 nitrogen and oxygen atoms in total. The first-order chi connectivity index (χ1) is 8.61. The SMILES string of the molecule is C=C(C)CC(CCc1cccc(C)c1)NCCC. The zero-order valence-electron chi connectivity index (χ0n) is 12.1. The Hall–Kier alpha value is -1.08. The number of rotatable bonds is 8. The first-order valence-corrected chi connectivity index (χ1v) is 7.05. The molecule has 0 amide bonds. The summed E-state index contributed by atoms with van der Waals surface area (Å²) in [4.78, 5) is 0. The molecular formula is C17H27N. The van der Waals surface area contributed by atoms with Crippen molar-refractivity contribution >= 4 is 0 Å². The number of benzene rings is 1. The minimum absolute atomic E-state index is 0.572. The molecule has 1 N–H and O–H groups in total. The number of hydrogen-bond acceptors (Lipinski definition) is 1. The Morgan fingerprint density at radius 3 is 2.78 bits per heavy atom. The third-order valence-electron chi connectivity index (χ3n) is 3.14. The third-order valence-corrected chi connectivity index (χ3v) is 3.14. The fraction of sp³-hybridized carbons (Fsp3) is 0.529. The predicted molar refractivity (Wildman–Crippen MR) is 81.0 cm³/mol. The minimum atomic E-state index is 0.572. The topological polar surface area (TPSA) is 12.0 Å². The molecule has 100 valence electrons. The maximum absolute atomic E-state index is 4.03. The largest absolute Gasteiger partial charge is 0.314 e. The molecule has 0 aliphatic heterocycles. The molecule has 1 atom stereocenters. The van der Waals surface area contributed by atoms with Gasteiger partial charge in [-0.15, -0.1) is 6.58 Å². The molecule has 18 heavy (non-hydrogen) atoms. The van der Waals surface area contributed by atoms with Gasteiger partial charge in [-0.25, -0.2) is 0 Å². The van der Waals surface area contributed by atoms with E-state index in [2.05, 4.69) is 56.9 Å². The lowest BCUT2D eigenvalue weighted by atomic mass is 9.99. The van der Waals surface area contributed by atoms with Crippen LogP contribution in [0.25, 0.3) is 0 Å². The molecule has 1 heteroatoms. The Kier molecular flexibility index (Phi) is 6.74. The van der Waals surface area contributed by atoms with Gasteiger partial charge in [0.25, 0.3) is 0 Å². The van der Waals surface area contributed by atoms with E-state index >= 15 is 0 Å². The summed E-state index contributed by atoms with van der Waals surface area (Å²) in [6.45, 7) is 11.6. The van der Waals surface area contributed by atoms with Crippen molar-refractivity contribution in [1.29, 1.82) is 0 Å². The number of aryl methyl sites for hydroxylation is 2. The van der Waals surface area contributed by atoms with E-state index in [1.165, 1.54) is 29.5 Å². The second-order valence-electron chi connectivity index (χ2n) is 5.34. The molecular weight excluding hydrogens is 218 g/mol. The quantitative estimate of drug-likeness (QED) is 0.675. The maximum Gasteiger partial charge on any atom is 0.0107 e. The number of hydrogen-bond donors (Lipinski definition) is 1. The number of nitrogens with one attached hydrogen (secondary N) is 1. The molecule has 1 aromatic carbocycles. The minimum Gasteiger partial charge on any atom is -0.314 e. The molecule has 0 heterocycles. The second-order valence-corrected chi connectivity index (χ2v) is 5.34. The van der Waals surface area contributed by atoms with Crippen LogP contribution in [0.15, 0.2) is 36.4 Å². The van der Waals surface area contributed by atoms with Crippen molar-refractivity contribution in [2.75, 3.05) is 6.54 Å². The summed E-state index contributed by atoms with van der Waals surface area (Å²) in [7, 11) is 0. The van der Waals surface area contributed by atoms with Crippen molar-refractivity contribution < 1.29 is 0 Å². The molecule has 0 aliphatic rings. The van der Waals surface area contributed by atoms with Gasteiger partial charge in [-0.1, -0.05) is 42.3 Å². The monoisotopic (exact) mass is 245 g/mol. The average molecular weight is 245 g/mol. The van der Waals surface area contributed by atoms with Crippen molar-refractivity contribution in [2.24, 2.45) is 0 Å². The summed E-state index contributed by atoms with van der Waals surface area (Å²) in [5, 5.41) is 3.62. The van der Waals surface area contributed by atoms with E-state index in [1.54, 1.807) is 0 Å². The summed E-state index contributed by atoms with van der Waals surface area (Å²) in [5.41, 5.74) is 4.07. The van der Waals surface area contributed by atoms with E-state index in [4.69, 9.17) is 0 Å². The normalized spacial score (nSPS) is 12.4. The van der Waals surface area contributed by atoms with E-state index in [0.29, 0.717) is 6.04 Å². The van der Waals surface area contributed by atoms with Gasteiger partial charge in [-0.2, -0.15) is 0 Å². The smallest absolute Gasteiger partial charge is 0.0107 e. The highest BCUT2D eigenvalue weighted by molar-refractivity contribution is 5.22. The van der Waals surface area contributed by atoms with Crippen LogP contribution in [0.4, 0.5) is 0 Å². The molecule has 1 aromatic rings. The third kappa shape index (κ3) is 6.02. The second kappa shape index (κ2) is 8.10. The Bertz CT molecular complexity index is 368. The van der Waals surface area contributed by atoms with Crippen LogP contribution in [0.2, 0.25) is 0 Å². The van der Waals surface area contributed by atoms with Crippen LogP contribution >= 0.6 is 0 Å². The Labute approximate surface area is 112 Å². The first kappa shape index (κ1) is 15.0. The van der Waals surface area contributed by atoms with Crippen LogP contribution in [0, 0.1) is 6.92 Å². The Balaban J connectivity index is 2.47. The van der Waals surface area contributed by atoms with Crippen molar-refractivity contribution in [3.8, 4) is 0 Å². The van der Waals surface area contributed by atoms with E-state index in [9.17, 15) is 0 Å². The lowest BCUT2D eigenvalue weighted by Crippen LogP contribution is -2.30. The van der Waals surface area contributed by atoms with Gasteiger partial charge < -0.3 is 5.32 Å². The van der Waals surface area contributed by atoms with Crippen molar-refractivity contribution in [3.05, 3.63) is 47.5 Å². The molecule has 0 saturated heterocycles. The molecule has 0 saturated carbocycles. The zero-order chi connectivity index (χ0) is 13.4. The molecule has 0 spiro atoms. The van der Waals surface area contributed by atoms with E-state index in [0.717, 1.165) is 19.4 Å². The van der Waals surface area contributed by atoms with E-state index < -0.39 is 0 Å². The van der Waals surface area contributed by atoms with Crippen LogP contribution in [0.3, 0.4) is 0 Å². The van der Waals surface area contributed by atoms with E-state index in [1.807, 2.05) is 0 Å². The summed E-state index contributed by atoms with van der Waals surface area (Å²) in [6, 6.07) is 9.40. The zero-order valence-corrected chi connectivity index (χ0v) is 12.1. The molecule has 0 radical (unpaired) electrons. The van der Waals surface area contributed by atoms with Crippen LogP contribution in [0.5, 0.6) is 0 Å². The Morgan fingerprint density at radius 1 is 1.39 bits per heavy atom. The van der Waals surface area contributed by atoms with Gasteiger partial charge in [0.2, 0.25) is 0 Å². The summed E-state index contributed by atoms with van der Waals surface area (Å²) in [5.74, 6) is 0. The lowest BCUT2D eigenvalue weighted by Gasteiger charge is -2.18. The molecule has 0 aromatic heterocycles. The Morgan fingerprint density at radius 2 is 2.17 bits per heavy atom. The van der Waals surface area contributed by atoms with Gasteiger partial charge in [-0.05, 0) is 51.6 Å². The van der Waals surface area contributed by atoms with Gasteiger partial charge in [0.1, 0.15) is 0 Å². The van der Waals surface area contributed by atoms with Gasteiger partial charge in [-0.3, -0.25) is 0 Å². The van der Waals surface area contributed by atoms with Gasteiger partial charge in [0, 0.05) is 6.04 Å². The fourth-order valence-corrected chi connectivity index (χ4v) is 2.25. The molecule has 0 bridgehead atoms. The predicted octanol–water partition coefficient (Wildman–Crippen LogP) is 4.26. The van der Waals surface area contributed by atoms with Crippen molar-refractivity contribution in [3.63, 3.8) is 0 Å². The molecule has 1 unspecified atom stereocenters. The lowest BCUT2D eigenvalue weighted by molar-refractivity contribution is 0.476. The van der Waals surface area contributed by atoms with E-state index in [-0.39, 0.29) is 0 Å². The van der Waals surface area contributed by atoms with Crippen molar-refractivity contribution in [2.45, 2.75) is 52.5 Å². The summed E-state index contributed by atoms with van der Waals surface area (Å²) >= 11 is 0. The summed E-state index contributed by atoms with van der Waals surface area (Å²) < 4.78 is 0.